The number of hydrogen-bond donors (Lipinski definition) is 2. The SMILES string of the molecule is CSc1ccccc1NC(=O)CN(C)CC(=O)N[C@H](C)c1ccccc1. The standard InChI is InChI=1S/C20H25N3O2S/c1-15(16-9-5-4-6-10-16)21-19(24)13-23(2)14-20(25)22-17-11-7-8-12-18(17)26-3/h4-12,15H,13-14H2,1-3H3,(H,21,24)(H,22,25)/t15-/m1/s1. The molecule has 0 aliphatic rings. The highest BCUT2D eigenvalue weighted by Crippen LogP contribution is 2.24. The highest BCUT2D eigenvalue weighted by Gasteiger charge is 2.14. The fraction of sp³-hybridized carbons (Fsp3) is 0.300. The molecular formula is C20H25N3O2S. The number of rotatable bonds is 8. The van der Waals surface area contributed by atoms with Crippen molar-refractivity contribution in [3.63, 3.8) is 0 Å². The Morgan fingerprint density at radius 3 is 2.31 bits per heavy atom. The second-order valence-electron chi connectivity index (χ2n) is 6.12. The summed E-state index contributed by atoms with van der Waals surface area (Å²) in [6.07, 6.45) is 1.97. The maximum atomic E-state index is 12.2. The fourth-order valence-corrected chi connectivity index (χ4v) is 3.15. The molecule has 0 heterocycles. The molecule has 26 heavy (non-hydrogen) atoms. The van der Waals surface area contributed by atoms with Gasteiger partial charge in [0.25, 0.3) is 0 Å². The summed E-state index contributed by atoms with van der Waals surface area (Å²) in [7, 11) is 1.76. The Labute approximate surface area is 159 Å². The van der Waals surface area contributed by atoms with E-state index in [1.165, 1.54) is 0 Å². The number of anilines is 1. The van der Waals surface area contributed by atoms with Crippen LogP contribution in [-0.2, 0) is 9.59 Å². The molecule has 2 N–H and O–H groups in total. The molecule has 0 saturated heterocycles. The Kier molecular flexibility index (Phi) is 7.69. The molecule has 0 saturated carbocycles. The first-order chi connectivity index (χ1) is 12.5. The summed E-state index contributed by atoms with van der Waals surface area (Å²) in [5.74, 6) is -0.251. The minimum atomic E-state index is -0.141. The molecule has 0 aromatic heterocycles. The Balaban J connectivity index is 1.81. The first kappa shape index (κ1) is 20.0. The molecule has 0 unspecified atom stereocenters. The van der Waals surface area contributed by atoms with Gasteiger partial charge in [-0.3, -0.25) is 14.5 Å². The van der Waals surface area contributed by atoms with Crippen molar-refractivity contribution in [1.29, 1.82) is 0 Å². The third kappa shape index (κ3) is 6.20. The highest BCUT2D eigenvalue weighted by atomic mass is 32.2. The van der Waals surface area contributed by atoms with E-state index in [9.17, 15) is 9.59 Å². The lowest BCUT2D eigenvalue weighted by atomic mass is 10.1. The molecule has 0 radical (unpaired) electrons. The van der Waals surface area contributed by atoms with E-state index in [0.717, 1.165) is 16.1 Å². The molecular weight excluding hydrogens is 346 g/mol. The number of likely N-dealkylation sites (N-methyl/N-ethyl adjacent to an activating group) is 1. The van der Waals surface area contributed by atoms with Crippen molar-refractivity contribution in [2.24, 2.45) is 0 Å². The summed E-state index contributed by atoms with van der Waals surface area (Å²) in [5, 5.41) is 5.85. The van der Waals surface area contributed by atoms with E-state index in [-0.39, 0.29) is 30.9 Å². The summed E-state index contributed by atoms with van der Waals surface area (Å²) in [6, 6.07) is 17.4. The zero-order chi connectivity index (χ0) is 18.9. The Morgan fingerprint density at radius 1 is 1.00 bits per heavy atom. The number of thioether (sulfide) groups is 1. The van der Waals surface area contributed by atoms with Gasteiger partial charge in [-0.2, -0.15) is 0 Å². The second kappa shape index (κ2) is 9.99. The quantitative estimate of drug-likeness (QED) is 0.700. The summed E-state index contributed by atoms with van der Waals surface area (Å²) in [5.41, 5.74) is 1.84. The smallest absolute Gasteiger partial charge is 0.238 e. The highest BCUT2D eigenvalue weighted by molar-refractivity contribution is 7.98. The summed E-state index contributed by atoms with van der Waals surface area (Å²) in [4.78, 5) is 27.1. The molecule has 138 valence electrons. The van der Waals surface area contributed by atoms with E-state index in [0.29, 0.717) is 0 Å². The third-order valence-corrected chi connectivity index (χ3v) is 4.68. The van der Waals surface area contributed by atoms with Crippen LogP contribution >= 0.6 is 11.8 Å². The van der Waals surface area contributed by atoms with Gasteiger partial charge >= 0.3 is 0 Å². The zero-order valence-electron chi connectivity index (χ0n) is 15.4. The van der Waals surface area contributed by atoms with Gasteiger partial charge in [-0.05, 0) is 37.9 Å². The molecule has 0 bridgehead atoms. The number of nitrogens with one attached hydrogen (secondary N) is 2. The van der Waals surface area contributed by atoms with E-state index in [1.807, 2.05) is 67.8 Å². The lowest BCUT2D eigenvalue weighted by Gasteiger charge is -2.19. The van der Waals surface area contributed by atoms with Crippen LogP contribution in [0.1, 0.15) is 18.5 Å². The largest absolute Gasteiger partial charge is 0.348 e. The molecule has 1 atom stereocenters. The van der Waals surface area contributed by atoms with Crippen LogP contribution in [0.2, 0.25) is 0 Å². The lowest BCUT2D eigenvalue weighted by Crippen LogP contribution is -2.39. The normalized spacial score (nSPS) is 11.8. The van der Waals surface area contributed by atoms with Crippen LogP contribution in [0.5, 0.6) is 0 Å². The minimum absolute atomic E-state index is 0.0700. The van der Waals surface area contributed by atoms with E-state index < -0.39 is 0 Å². The van der Waals surface area contributed by atoms with Gasteiger partial charge in [-0.25, -0.2) is 0 Å². The van der Waals surface area contributed by atoms with Crippen LogP contribution in [0.15, 0.2) is 59.5 Å². The van der Waals surface area contributed by atoms with E-state index in [4.69, 9.17) is 0 Å². The maximum absolute atomic E-state index is 12.2. The summed E-state index contributed by atoms with van der Waals surface area (Å²) in [6.45, 7) is 2.25. The monoisotopic (exact) mass is 371 g/mol. The number of carbonyl (C=O) groups excluding carboxylic acids is 2. The molecule has 5 nitrogen and oxygen atoms in total. The third-order valence-electron chi connectivity index (χ3n) is 3.89. The molecule has 2 amide bonds. The van der Waals surface area contributed by atoms with E-state index in [1.54, 1.807) is 23.7 Å². The van der Waals surface area contributed by atoms with Gasteiger partial charge in [-0.15, -0.1) is 11.8 Å². The molecule has 0 aliphatic heterocycles. The van der Waals surface area contributed by atoms with Gasteiger partial charge in [-0.1, -0.05) is 42.5 Å². The maximum Gasteiger partial charge on any atom is 0.238 e. The number of amides is 2. The first-order valence-corrected chi connectivity index (χ1v) is 9.67. The molecule has 2 rings (SSSR count). The number of carbonyl (C=O) groups is 2. The van der Waals surface area contributed by atoms with Crippen molar-refractivity contribution >= 4 is 29.3 Å². The number of hydrogen-bond acceptors (Lipinski definition) is 4. The van der Waals surface area contributed by atoms with Crippen LogP contribution in [0.3, 0.4) is 0 Å². The van der Waals surface area contributed by atoms with Gasteiger partial charge in [0, 0.05) is 4.90 Å². The molecule has 2 aromatic rings. The van der Waals surface area contributed by atoms with Gasteiger partial charge in [0.05, 0.1) is 24.8 Å². The van der Waals surface area contributed by atoms with Crippen LogP contribution < -0.4 is 10.6 Å². The van der Waals surface area contributed by atoms with Gasteiger partial charge in [0.15, 0.2) is 0 Å². The molecule has 2 aromatic carbocycles. The number of nitrogens with zero attached hydrogens (tertiary/aromatic N) is 1. The van der Waals surface area contributed by atoms with Crippen molar-refractivity contribution in [2.75, 3.05) is 31.7 Å². The molecule has 0 fully saturated rings. The average Bonchev–Trinajstić information content (AvgIpc) is 2.62. The number of para-hydroxylation sites is 1. The van der Waals surface area contributed by atoms with E-state index >= 15 is 0 Å². The van der Waals surface area contributed by atoms with Crippen LogP contribution in [0.4, 0.5) is 5.69 Å². The Morgan fingerprint density at radius 2 is 1.62 bits per heavy atom. The zero-order valence-corrected chi connectivity index (χ0v) is 16.2. The van der Waals surface area contributed by atoms with Gasteiger partial charge in [0.2, 0.25) is 11.8 Å². The summed E-state index contributed by atoms with van der Waals surface area (Å²) >= 11 is 1.58. The topological polar surface area (TPSA) is 61.4 Å². The van der Waals surface area contributed by atoms with Gasteiger partial charge < -0.3 is 10.6 Å². The first-order valence-electron chi connectivity index (χ1n) is 8.45. The Bertz CT molecular complexity index is 737. The lowest BCUT2D eigenvalue weighted by molar-refractivity contribution is -0.123. The van der Waals surface area contributed by atoms with Crippen molar-refractivity contribution < 1.29 is 9.59 Å². The van der Waals surface area contributed by atoms with Crippen molar-refractivity contribution in [1.82, 2.24) is 10.2 Å². The predicted molar refractivity (Wildman–Crippen MR) is 107 cm³/mol. The predicted octanol–water partition coefficient (Wildman–Crippen LogP) is 3.16. The van der Waals surface area contributed by atoms with Crippen LogP contribution in [-0.4, -0.2) is 43.1 Å². The van der Waals surface area contributed by atoms with Crippen molar-refractivity contribution in [3.8, 4) is 0 Å². The van der Waals surface area contributed by atoms with Crippen LogP contribution in [0.25, 0.3) is 0 Å². The Hall–Kier alpha value is -2.31. The molecule has 6 heteroatoms. The van der Waals surface area contributed by atoms with Gasteiger partial charge in [0.1, 0.15) is 0 Å². The summed E-state index contributed by atoms with van der Waals surface area (Å²) < 4.78 is 0. The average molecular weight is 372 g/mol. The number of benzene rings is 2. The van der Waals surface area contributed by atoms with Crippen molar-refractivity contribution in [2.45, 2.75) is 17.9 Å². The molecule has 0 spiro atoms. The minimum Gasteiger partial charge on any atom is -0.348 e. The van der Waals surface area contributed by atoms with E-state index in [2.05, 4.69) is 10.6 Å². The van der Waals surface area contributed by atoms with Crippen molar-refractivity contribution in [3.05, 3.63) is 60.2 Å². The second-order valence-corrected chi connectivity index (χ2v) is 6.97. The van der Waals surface area contributed by atoms with Crippen LogP contribution in [0, 0.1) is 0 Å². The molecule has 0 aliphatic carbocycles. The fourth-order valence-electron chi connectivity index (χ4n) is 2.60.